The fraction of sp³-hybridized carbons (Fsp3) is 0.273. The number of rotatable bonds is 5. The molecule has 0 aliphatic carbocycles. The van der Waals surface area contributed by atoms with Gasteiger partial charge in [-0.3, -0.25) is 9.69 Å². The zero-order valence-electron chi connectivity index (χ0n) is 16.5. The van der Waals surface area contributed by atoms with Crippen LogP contribution in [-0.2, 0) is 6.54 Å². The van der Waals surface area contributed by atoms with Crippen molar-refractivity contribution < 1.29 is 18.3 Å². The van der Waals surface area contributed by atoms with Crippen LogP contribution in [0.3, 0.4) is 0 Å². The lowest BCUT2D eigenvalue weighted by atomic mass is 10.1. The van der Waals surface area contributed by atoms with Gasteiger partial charge in [0.1, 0.15) is 10.8 Å². The minimum absolute atomic E-state index is 0.173. The molecular formula is C22H21F2N3O2S. The molecular weight excluding hydrogens is 408 g/mol. The molecule has 0 radical (unpaired) electrons. The van der Waals surface area contributed by atoms with Crippen LogP contribution in [0.4, 0.5) is 8.78 Å². The molecule has 0 saturated carbocycles. The molecule has 1 aliphatic rings. The van der Waals surface area contributed by atoms with Crippen molar-refractivity contribution in [3.63, 3.8) is 0 Å². The van der Waals surface area contributed by atoms with Crippen LogP contribution in [0, 0.1) is 11.6 Å². The van der Waals surface area contributed by atoms with Crippen LogP contribution in [0.1, 0.15) is 15.4 Å². The van der Waals surface area contributed by atoms with Crippen molar-refractivity contribution in [2.24, 2.45) is 0 Å². The van der Waals surface area contributed by atoms with Crippen molar-refractivity contribution in [1.82, 2.24) is 14.8 Å². The van der Waals surface area contributed by atoms with Gasteiger partial charge >= 0.3 is 0 Å². The average molecular weight is 429 g/mol. The van der Waals surface area contributed by atoms with Gasteiger partial charge in [-0.2, -0.15) is 0 Å². The van der Waals surface area contributed by atoms with Crippen molar-refractivity contribution in [2.45, 2.75) is 6.54 Å². The topological polar surface area (TPSA) is 45.7 Å². The van der Waals surface area contributed by atoms with Gasteiger partial charge in [0.25, 0.3) is 5.91 Å². The highest BCUT2D eigenvalue weighted by molar-refractivity contribution is 7.09. The van der Waals surface area contributed by atoms with Crippen LogP contribution in [0.5, 0.6) is 5.75 Å². The molecule has 2 aromatic carbocycles. The second-order valence-corrected chi connectivity index (χ2v) is 7.99. The third-order valence-corrected chi connectivity index (χ3v) is 5.96. The summed E-state index contributed by atoms with van der Waals surface area (Å²) in [5.74, 6) is -1.42. The number of carbonyl (C=O) groups is 1. The summed E-state index contributed by atoms with van der Waals surface area (Å²) in [7, 11) is 1.64. The standard InChI is InChI=1S/C22H21F2N3O2S/c1-29-17-5-2-15(3-6-17)20-14-30-21(25-20)13-26-8-10-27(11-9-26)22(28)16-4-7-18(23)19(24)12-16/h2-7,12,14H,8-11,13H2,1H3. The number of hydrogen-bond acceptors (Lipinski definition) is 5. The van der Waals surface area contributed by atoms with E-state index in [9.17, 15) is 13.6 Å². The number of ether oxygens (including phenoxy) is 1. The number of piperazine rings is 1. The average Bonchev–Trinajstić information content (AvgIpc) is 3.24. The van der Waals surface area contributed by atoms with Gasteiger partial charge in [0, 0.05) is 42.7 Å². The first kappa shape index (κ1) is 20.4. The Kier molecular flexibility index (Phi) is 6.06. The third-order valence-electron chi connectivity index (χ3n) is 5.12. The number of thiazole rings is 1. The fourth-order valence-corrected chi connectivity index (χ4v) is 4.23. The summed E-state index contributed by atoms with van der Waals surface area (Å²) < 4.78 is 31.7. The lowest BCUT2D eigenvalue weighted by Gasteiger charge is -2.34. The first-order valence-corrected chi connectivity index (χ1v) is 10.5. The van der Waals surface area contributed by atoms with E-state index in [4.69, 9.17) is 9.72 Å². The summed E-state index contributed by atoms with van der Waals surface area (Å²) in [6.45, 7) is 3.19. The van der Waals surface area contributed by atoms with Gasteiger partial charge in [-0.25, -0.2) is 13.8 Å². The molecule has 0 N–H and O–H groups in total. The molecule has 1 aromatic heterocycles. The molecule has 30 heavy (non-hydrogen) atoms. The molecule has 0 spiro atoms. The van der Waals surface area contributed by atoms with Crippen molar-refractivity contribution in [3.05, 3.63) is 70.1 Å². The Morgan fingerprint density at radius 1 is 1.07 bits per heavy atom. The van der Waals surface area contributed by atoms with Gasteiger partial charge in [0.05, 0.1) is 19.3 Å². The van der Waals surface area contributed by atoms with Crippen molar-refractivity contribution in [3.8, 4) is 17.0 Å². The highest BCUT2D eigenvalue weighted by Crippen LogP contribution is 2.25. The number of carbonyl (C=O) groups excluding carboxylic acids is 1. The van der Waals surface area contributed by atoms with Gasteiger partial charge in [-0.1, -0.05) is 0 Å². The molecule has 1 aliphatic heterocycles. The maximum Gasteiger partial charge on any atom is 0.254 e. The maximum absolute atomic E-state index is 13.4. The quantitative estimate of drug-likeness (QED) is 0.614. The van der Waals surface area contributed by atoms with E-state index in [1.165, 1.54) is 6.07 Å². The molecule has 4 rings (SSSR count). The highest BCUT2D eigenvalue weighted by Gasteiger charge is 2.23. The SMILES string of the molecule is COc1ccc(-c2csc(CN3CCN(C(=O)c4ccc(F)c(F)c4)CC3)n2)cc1. The smallest absolute Gasteiger partial charge is 0.254 e. The van der Waals surface area contributed by atoms with E-state index < -0.39 is 11.6 Å². The Hall–Kier alpha value is -2.84. The monoisotopic (exact) mass is 429 g/mol. The third kappa shape index (κ3) is 4.49. The lowest BCUT2D eigenvalue weighted by molar-refractivity contribution is 0.0628. The van der Waals surface area contributed by atoms with E-state index >= 15 is 0 Å². The highest BCUT2D eigenvalue weighted by atomic mass is 32.1. The van der Waals surface area contributed by atoms with E-state index in [0.717, 1.165) is 34.1 Å². The number of benzene rings is 2. The van der Waals surface area contributed by atoms with Gasteiger partial charge in [-0.15, -0.1) is 11.3 Å². The Morgan fingerprint density at radius 2 is 1.80 bits per heavy atom. The zero-order valence-corrected chi connectivity index (χ0v) is 17.3. The van der Waals surface area contributed by atoms with Gasteiger partial charge in [0.2, 0.25) is 0 Å². The number of aromatic nitrogens is 1. The minimum atomic E-state index is -1.00. The van der Waals surface area contributed by atoms with Gasteiger partial charge in [-0.05, 0) is 42.5 Å². The number of amides is 1. The predicted molar refractivity (Wildman–Crippen MR) is 112 cm³/mol. The van der Waals surface area contributed by atoms with E-state index in [2.05, 4.69) is 4.90 Å². The first-order valence-electron chi connectivity index (χ1n) is 9.59. The van der Waals surface area contributed by atoms with Crippen molar-refractivity contribution >= 4 is 17.2 Å². The second kappa shape index (κ2) is 8.89. The summed E-state index contributed by atoms with van der Waals surface area (Å²) in [5.41, 5.74) is 2.15. The molecule has 2 heterocycles. The lowest BCUT2D eigenvalue weighted by Crippen LogP contribution is -2.48. The summed E-state index contributed by atoms with van der Waals surface area (Å²) in [6, 6.07) is 11.1. The Balaban J connectivity index is 1.33. The molecule has 156 valence electrons. The van der Waals surface area contributed by atoms with Crippen LogP contribution in [0.25, 0.3) is 11.3 Å². The normalized spacial score (nSPS) is 14.7. The number of halogens is 2. The molecule has 1 fully saturated rings. The molecule has 0 bridgehead atoms. The molecule has 0 unspecified atom stereocenters. The van der Waals surface area contributed by atoms with Crippen LogP contribution in [0.15, 0.2) is 47.8 Å². The van der Waals surface area contributed by atoms with Crippen molar-refractivity contribution in [1.29, 1.82) is 0 Å². The van der Waals surface area contributed by atoms with E-state index in [-0.39, 0.29) is 11.5 Å². The van der Waals surface area contributed by atoms with Crippen LogP contribution < -0.4 is 4.74 Å². The minimum Gasteiger partial charge on any atom is -0.497 e. The second-order valence-electron chi connectivity index (χ2n) is 7.05. The van der Waals surface area contributed by atoms with Crippen molar-refractivity contribution in [2.75, 3.05) is 33.3 Å². The summed E-state index contributed by atoms with van der Waals surface area (Å²) in [4.78, 5) is 21.2. The molecule has 1 amide bonds. The van der Waals surface area contributed by atoms with E-state index in [0.29, 0.717) is 32.7 Å². The van der Waals surface area contributed by atoms with Crippen LogP contribution in [0.2, 0.25) is 0 Å². The number of methoxy groups -OCH3 is 1. The number of nitrogens with zero attached hydrogens (tertiary/aromatic N) is 3. The van der Waals surface area contributed by atoms with E-state index in [1.54, 1.807) is 23.3 Å². The molecule has 8 heteroatoms. The predicted octanol–water partition coefficient (Wildman–Crippen LogP) is 4.05. The first-order chi connectivity index (χ1) is 14.5. The maximum atomic E-state index is 13.4. The fourth-order valence-electron chi connectivity index (χ4n) is 3.39. The zero-order chi connectivity index (χ0) is 21.1. The Labute approximate surface area is 177 Å². The molecule has 1 saturated heterocycles. The Morgan fingerprint density at radius 3 is 2.47 bits per heavy atom. The number of hydrogen-bond donors (Lipinski definition) is 0. The van der Waals surface area contributed by atoms with Crippen LogP contribution in [-0.4, -0.2) is 54.0 Å². The summed E-state index contributed by atoms with van der Waals surface area (Å²) >= 11 is 1.61. The van der Waals surface area contributed by atoms with Gasteiger partial charge in [0.15, 0.2) is 11.6 Å². The van der Waals surface area contributed by atoms with Gasteiger partial charge < -0.3 is 9.64 Å². The Bertz CT molecular complexity index is 1030. The molecule has 5 nitrogen and oxygen atoms in total. The summed E-state index contributed by atoms with van der Waals surface area (Å²) in [6.07, 6.45) is 0. The molecule has 0 atom stereocenters. The van der Waals surface area contributed by atoms with E-state index in [1.807, 2.05) is 29.6 Å². The van der Waals surface area contributed by atoms with Crippen LogP contribution >= 0.6 is 11.3 Å². The molecule has 3 aromatic rings. The summed E-state index contributed by atoms with van der Waals surface area (Å²) in [5, 5.41) is 3.06. The largest absolute Gasteiger partial charge is 0.497 e.